The minimum Gasteiger partial charge on any atom is -0.478 e. The van der Waals surface area contributed by atoms with Crippen molar-refractivity contribution in [3.05, 3.63) is 65.7 Å². The molecule has 1 fully saturated rings. The van der Waals surface area contributed by atoms with Gasteiger partial charge in [-0.3, -0.25) is 9.88 Å². The molecule has 2 aromatic heterocycles. The molecule has 138 valence electrons. The Labute approximate surface area is 155 Å². The van der Waals surface area contributed by atoms with Crippen molar-refractivity contribution in [1.29, 1.82) is 0 Å². The number of hydrogen-bond donors (Lipinski definition) is 2. The highest BCUT2D eigenvalue weighted by atomic mass is 16.5. The maximum Gasteiger partial charge on any atom is 0.335 e. The predicted molar refractivity (Wildman–Crippen MR) is 94.7 cm³/mol. The van der Waals surface area contributed by atoms with Gasteiger partial charge in [-0.15, -0.1) is 0 Å². The molecule has 0 amide bonds. The second-order valence-electron chi connectivity index (χ2n) is 6.51. The molecule has 2 unspecified atom stereocenters. The van der Waals surface area contributed by atoms with Crippen LogP contribution in [0.15, 0.2) is 53.2 Å². The van der Waals surface area contributed by atoms with Crippen LogP contribution in [0.2, 0.25) is 0 Å². The molecule has 1 aromatic carbocycles. The molecular formula is C19H18N4O4. The van der Waals surface area contributed by atoms with Crippen LogP contribution < -0.4 is 0 Å². The van der Waals surface area contributed by atoms with Gasteiger partial charge in [0.1, 0.15) is 5.69 Å². The molecular weight excluding hydrogens is 348 g/mol. The van der Waals surface area contributed by atoms with Crippen molar-refractivity contribution in [2.45, 2.75) is 25.1 Å². The first-order valence-corrected chi connectivity index (χ1v) is 8.59. The molecule has 8 heteroatoms. The van der Waals surface area contributed by atoms with E-state index in [0.717, 1.165) is 5.56 Å². The zero-order valence-electron chi connectivity index (χ0n) is 14.4. The van der Waals surface area contributed by atoms with Crippen LogP contribution in [0.5, 0.6) is 0 Å². The molecule has 8 nitrogen and oxygen atoms in total. The molecule has 0 aliphatic carbocycles. The number of aromatic carboxylic acids is 1. The average Bonchev–Trinajstić information content (AvgIpc) is 3.29. The van der Waals surface area contributed by atoms with Crippen LogP contribution in [0.1, 0.15) is 34.3 Å². The van der Waals surface area contributed by atoms with Crippen molar-refractivity contribution in [3.8, 4) is 11.5 Å². The number of carbonyl (C=O) groups is 1. The molecule has 0 bridgehead atoms. The summed E-state index contributed by atoms with van der Waals surface area (Å²) in [4.78, 5) is 21.7. The second kappa shape index (κ2) is 7.26. The number of β-amino-alcohol motifs (C(OH)–C–C–N with tert-alkyl or cyclic N) is 1. The maximum absolute atomic E-state index is 11.0. The zero-order valence-corrected chi connectivity index (χ0v) is 14.4. The Balaban J connectivity index is 1.53. The van der Waals surface area contributed by atoms with E-state index in [1.165, 1.54) is 0 Å². The number of aliphatic hydroxyl groups is 1. The summed E-state index contributed by atoms with van der Waals surface area (Å²) >= 11 is 0. The molecule has 0 radical (unpaired) electrons. The normalized spacial score (nSPS) is 20.0. The number of benzene rings is 1. The summed E-state index contributed by atoms with van der Waals surface area (Å²) in [5, 5.41) is 23.1. The number of hydrogen-bond acceptors (Lipinski definition) is 7. The lowest BCUT2D eigenvalue weighted by Gasteiger charge is -2.21. The molecule has 1 saturated heterocycles. The number of nitrogens with zero attached hydrogens (tertiary/aromatic N) is 4. The summed E-state index contributed by atoms with van der Waals surface area (Å²) in [5.41, 5.74) is 1.82. The molecule has 3 aromatic rings. The molecule has 4 rings (SSSR count). The third kappa shape index (κ3) is 3.71. The van der Waals surface area contributed by atoms with E-state index in [1.807, 2.05) is 12.1 Å². The summed E-state index contributed by atoms with van der Waals surface area (Å²) in [6, 6.07) is 12.0. The van der Waals surface area contributed by atoms with Gasteiger partial charge in [0.2, 0.25) is 11.7 Å². The monoisotopic (exact) mass is 366 g/mol. The summed E-state index contributed by atoms with van der Waals surface area (Å²) < 4.78 is 5.44. The number of aliphatic hydroxyl groups excluding tert-OH is 1. The average molecular weight is 366 g/mol. The van der Waals surface area contributed by atoms with Gasteiger partial charge < -0.3 is 14.7 Å². The fourth-order valence-electron chi connectivity index (χ4n) is 3.27. The molecule has 1 aliphatic heterocycles. The predicted octanol–water partition coefficient (Wildman–Crippen LogP) is 2.14. The van der Waals surface area contributed by atoms with Crippen molar-refractivity contribution in [3.63, 3.8) is 0 Å². The lowest BCUT2D eigenvalue weighted by atomic mass is 10.1. The summed E-state index contributed by atoms with van der Waals surface area (Å²) in [6.45, 7) is 1.02. The van der Waals surface area contributed by atoms with Crippen LogP contribution in [0.3, 0.4) is 0 Å². The Kier molecular flexibility index (Phi) is 4.66. The minimum absolute atomic E-state index is 0.205. The van der Waals surface area contributed by atoms with E-state index in [4.69, 9.17) is 9.63 Å². The molecule has 3 heterocycles. The van der Waals surface area contributed by atoms with Crippen LogP contribution >= 0.6 is 0 Å². The van der Waals surface area contributed by atoms with Gasteiger partial charge >= 0.3 is 5.97 Å². The van der Waals surface area contributed by atoms with Gasteiger partial charge in [0.25, 0.3) is 0 Å². The first-order valence-electron chi connectivity index (χ1n) is 8.59. The van der Waals surface area contributed by atoms with Crippen LogP contribution in [0, 0.1) is 0 Å². The lowest BCUT2D eigenvalue weighted by Crippen LogP contribution is -2.24. The second-order valence-corrected chi connectivity index (χ2v) is 6.51. The first kappa shape index (κ1) is 17.3. The van der Waals surface area contributed by atoms with Gasteiger partial charge in [-0.25, -0.2) is 4.79 Å². The van der Waals surface area contributed by atoms with Gasteiger partial charge in [-0.1, -0.05) is 23.4 Å². The van der Waals surface area contributed by atoms with Crippen molar-refractivity contribution in [1.82, 2.24) is 20.0 Å². The van der Waals surface area contributed by atoms with Crippen LogP contribution in [0.4, 0.5) is 0 Å². The van der Waals surface area contributed by atoms with E-state index in [0.29, 0.717) is 36.9 Å². The Bertz CT molecular complexity index is 926. The van der Waals surface area contributed by atoms with E-state index >= 15 is 0 Å². The topological polar surface area (TPSA) is 113 Å². The Hall–Kier alpha value is -3.10. The number of carboxylic acids is 1. The highest BCUT2D eigenvalue weighted by Crippen LogP contribution is 2.33. The van der Waals surface area contributed by atoms with Crippen molar-refractivity contribution in [2.24, 2.45) is 0 Å². The van der Waals surface area contributed by atoms with Crippen LogP contribution in [0.25, 0.3) is 11.5 Å². The van der Waals surface area contributed by atoms with Crippen molar-refractivity contribution < 1.29 is 19.5 Å². The Morgan fingerprint density at radius 1 is 1.22 bits per heavy atom. The van der Waals surface area contributed by atoms with Crippen LogP contribution in [-0.2, 0) is 6.54 Å². The molecule has 2 N–H and O–H groups in total. The third-order valence-electron chi connectivity index (χ3n) is 4.59. The SMILES string of the molecule is O=C(O)c1ccc(CN2CC(O)CC2c2nc(-c3ccccn3)no2)cc1. The first-order chi connectivity index (χ1) is 13.1. The molecule has 1 aliphatic rings. The number of likely N-dealkylation sites (tertiary alicyclic amines) is 1. The number of aromatic nitrogens is 3. The van der Waals surface area contributed by atoms with E-state index in [2.05, 4.69) is 20.0 Å². The van der Waals surface area contributed by atoms with Crippen LogP contribution in [-0.4, -0.2) is 48.9 Å². The summed E-state index contributed by atoms with van der Waals surface area (Å²) in [5.74, 6) is -0.101. The van der Waals surface area contributed by atoms with Gasteiger partial charge in [0.05, 0.1) is 17.7 Å². The highest BCUT2D eigenvalue weighted by molar-refractivity contribution is 5.87. The van der Waals surface area contributed by atoms with Crippen molar-refractivity contribution in [2.75, 3.05) is 6.54 Å². The number of rotatable bonds is 5. The highest BCUT2D eigenvalue weighted by Gasteiger charge is 2.36. The fraction of sp³-hybridized carbons (Fsp3) is 0.263. The number of carboxylic acid groups (broad SMARTS) is 1. The fourth-order valence-corrected chi connectivity index (χ4v) is 3.27. The van der Waals surface area contributed by atoms with E-state index in [9.17, 15) is 9.90 Å². The zero-order chi connectivity index (χ0) is 18.8. The van der Waals surface area contributed by atoms with E-state index in [1.54, 1.807) is 36.5 Å². The van der Waals surface area contributed by atoms with Crippen molar-refractivity contribution >= 4 is 5.97 Å². The van der Waals surface area contributed by atoms with Gasteiger partial charge in [0, 0.05) is 19.3 Å². The van der Waals surface area contributed by atoms with Gasteiger partial charge in [0.15, 0.2) is 0 Å². The molecule has 0 spiro atoms. The van der Waals surface area contributed by atoms with E-state index in [-0.39, 0.29) is 11.6 Å². The lowest BCUT2D eigenvalue weighted by molar-refractivity contribution is 0.0697. The minimum atomic E-state index is -0.955. The smallest absolute Gasteiger partial charge is 0.335 e. The quantitative estimate of drug-likeness (QED) is 0.706. The van der Waals surface area contributed by atoms with Gasteiger partial charge in [-0.2, -0.15) is 4.98 Å². The molecule has 27 heavy (non-hydrogen) atoms. The largest absolute Gasteiger partial charge is 0.478 e. The molecule has 0 saturated carbocycles. The third-order valence-corrected chi connectivity index (χ3v) is 4.59. The van der Waals surface area contributed by atoms with E-state index < -0.39 is 12.1 Å². The maximum atomic E-state index is 11.0. The summed E-state index contributed by atoms with van der Waals surface area (Å²) in [7, 11) is 0. The Morgan fingerprint density at radius 3 is 2.74 bits per heavy atom. The summed E-state index contributed by atoms with van der Waals surface area (Å²) in [6.07, 6.45) is 1.67. The molecule has 2 atom stereocenters. The Morgan fingerprint density at radius 2 is 2.04 bits per heavy atom. The standard InChI is InChI=1S/C19H18N4O4/c24-14-9-16(18-21-17(22-27-18)15-3-1-2-8-20-15)23(11-14)10-12-4-6-13(7-5-12)19(25)26/h1-8,14,16,24H,9-11H2,(H,25,26). The number of pyridine rings is 1. The van der Waals surface area contributed by atoms with Gasteiger partial charge in [-0.05, 0) is 36.2 Å².